The summed E-state index contributed by atoms with van der Waals surface area (Å²) in [6.45, 7) is 0.766. The lowest BCUT2D eigenvalue weighted by molar-refractivity contribution is -0.141. The fourth-order valence-electron chi connectivity index (χ4n) is 4.56. The van der Waals surface area contributed by atoms with Crippen molar-refractivity contribution >= 4 is 62.8 Å². The van der Waals surface area contributed by atoms with Crippen molar-refractivity contribution in [2.24, 2.45) is 10.9 Å². The number of ether oxygens (including phenoxy) is 1. The number of halogens is 4. The third-order valence-corrected chi connectivity index (χ3v) is 8.16. The third kappa shape index (κ3) is 6.25. The molecule has 5 rings (SSSR count). The Morgan fingerprint density at radius 3 is 2.73 bits per heavy atom. The van der Waals surface area contributed by atoms with Crippen LogP contribution in [0.5, 0.6) is 0 Å². The van der Waals surface area contributed by atoms with E-state index in [9.17, 15) is 27.6 Å². The van der Waals surface area contributed by atoms with Crippen LogP contribution >= 0.6 is 23.4 Å². The van der Waals surface area contributed by atoms with Gasteiger partial charge in [-0.05, 0) is 59.1 Å². The number of alkyl halides is 3. The summed E-state index contributed by atoms with van der Waals surface area (Å²) in [6.07, 6.45) is -3.20. The summed E-state index contributed by atoms with van der Waals surface area (Å²) in [4.78, 5) is 42.9. The minimum atomic E-state index is -4.65. The number of hydrogen-bond donors (Lipinski definition) is 2. The molecule has 1 fully saturated rings. The van der Waals surface area contributed by atoms with E-state index in [1.165, 1.54) is 19.2 Å². The van der Waals surface area contributed by atoms with Gasteiger partial charge >= 0.3 is 12.1 Å². The Kier molecular flexibility index (Phi) is 8.09. The summed E-state index contributed by atoms with van der Waals surface area (Å²) in [5.74, 6) is -1.59. The number of amidine groups is 1. The van der Waals surface area contributed by atoms with Crippen LogP contribution in [-0.2, 0) is 31.7 Å². The van der Waals surface area contributed by atoms with Gasteiger partial charge in [-0.25, -0.2) is 0 Å². The highest BCUT2D eigenvalue weighted by Gasteiger charge is 2.39. The highest BCUT2D eigenvalue weighted by molar-refractivity contribution is 8.18. The Morgan fingerprint density at radius 2 is 2.00 bits per heavy atom. The number of H-pyrrole nitrogens is 1. The Bertz CT molecular complexity index is 1600. The molecule has 0 atom stereocenters. The Labute approximate surface area is 241 Å². The molecule has 3 aromatic rings. The molecular weight excluding hydrogens is 583 g/mol. The van der Waals surface area contributed by atoms with E-state index in [0.29, 0.717) is 29.4 Å². The Balaban J connectivity index is 1.39. The van der Waals surface area contributed by atoms with Crippen LogP contribution in [0.1, 0.15) is 23.1 Å². The van der Waals surface area contributed by atoms with Crippen LogP contribution in [0.25, 0.3) is 16.5 Å². The molecule has 0 bridgehead atoms. The molecule has 0 spiro atoms. The molecule has 0 unspecified atom stereocenters. The SMILES string of the molecule is COC(=O)CCNC(=O)C1CN(C2=NC(=O)C(=C(Cc3ccc(Cl)cc3C(F)(F)F)c3ccc4[nH]ncc4c3)S2)C1. The van der Waals surface area contributed by atoms with Crippen LogP contribution in [0.3, 0.4) is 0 Å². The molecule has 41 heavy (non-hydrogen) atoms. The standard InChI is InChI=1S/C27H23ClF3N5O4S/c1-40-22(37)6-7-32-24(38)17-12-36(13-17)26-34-25(39)23(41-26)19(14-3-5-21-16(8-14)11-33-35-21)9-15-2-4-18(28)10-20(15)27(29,30)31/h2-5,8,10-11,17H,6-7,9,12-13H2,1H3,(H,32,38)(H,33,35). The third-order valence-electron chi connectivity index (χ3n) is 6.77. The minimum Gasteiger partial charge on any atom is -0.469 e. The van der Waals surface area contributed by atoms with Gasteiger partial charge in [0.05, 0.1) is 41.6 Å². The van der Waals surface area contributed by atoms with Crippen molar-refractivity contribution in [2.45, 2.75) is 19.0 Å². The normalized spacial score (nSPS) is 17.0. The number of benzene rings is 2. The highest BCUT2D eigenvalue weighted by atomic mass is 35.5. The van der Waals surface area contributed by atoms with Gasteiger partial charge in [0.25, 0.3) is 5.91 Å². The number of fused-ring (bicyclic) bond motifs is 1. The van der Waals surface area contributed by atoms with Gasteiger partial charge < -0.3 is 15.0 Å². The van der Waals surface area contributed by atoms with Crippen LogP contribution in [0, 0.1) is 5.92 Å². The summed E-state index contributed by atoms with van der Waals surface area (Å²) >= 11 is 6.95. The maximum atomic E-state index is 13.9. The van der Waals surface area contributed by atoms with Crippen molar-refractivity contribution < 1.29 is 32.3 Å². The van der Waals surface area contributed by atoms with Crippen LogP contribution < -0.4 is 5.32 Å². The number of aromatic nitrogens is 2. The molecule has 2 aliphatic heterocycles. The van der Waals surface area contributed by atoms with Crippen LogP contribution in [-0.4, -0.2) is 64.8 Å². The predicted octanol–water partition coefficient (Wildman–Crippen LogP) is 4.43. The second-order valence-corrected chi connectivity index (χ2v) is 10.9. The number of hydrogen-bond acceptors (Lipinski definition) is 7. The number of nitrogens with one attached hydrogen (secondary N) is 2. The van der Waals surface area contributed by atoms with Crippen molar-refractivity contribution in [1.82, 2.24) is 20.4 Å². The van der Waals surface area contributed by atoms with E-state index in [2.05, 4.69) is 25.2 Å². The number of allylic oxidation sites excluding steroid dienone is 1. The average molecular weight is 606 g/mol. The number of nitrogens with zero attached hydrogens (tertiary/aromatic N) is 3. The van der Waals surface area contributed by atoms with Crippen molar-refractivity contribution in [3.8, 4) is 0 Å². The van der Waals surface area contributed by atoms with E-state index in [0.717, 1.165) is 28.7 Å². The number of amides is 2. The maximum absolute atomic E-state index is 13.9. The second-order valence-electron chi connectivity index (χ2n) is 9.48. The van der Waals surface area contributed by atoms with Crippen molar-refractivity contribution in [3.63, 3.8) is 0 Å². The van der Waals surface area contributed by atoms with E-state index < -0.39 is 23.6 Å². The zero-order chi connectivity index (χ0) is 29.3. The molecule has 2 aromatic carbocycles. The van der Waals surface area contributed by atoms with E-state index in [1.54, 1.807) is 29.3 Å². The van der Waals surface area contributed by atoms with Crippen LogP contribution in [0.2, 0.25) is 5.02 Å². The van der Waals surface area contributed by atoms with Gasteiger partial charge in [0.15, 0.2) is 5.17 Å². The fourth-order valence-corrected chi connectivity index (χ4v) is 5.76. The molecule has 3 heterocycles. The molecule has 2 N–H and O–H groups in total. The average Bonchev–Trinajstić information content (AvgIpc) is 3.52. The molecule has 9 nitrogen and oxygen atoms in total. The molecule has 2 amide bonds. The van der Waals surface area contributed by atoms with Gasteiger partial charge in [-0.2, -0.15) is 23.3 Å². The Hall–Kier alpha value is -3.84. The fraction of sp³-hybridized carbons (Fsp3) is 0.296. The summed E-state index contributed by atoms with van der Waals surface area (Å²) in [5.41, 5.74) is 0.756. The Morgan fingerprint density at radius 1 is 1.22 bits per heavy atom. The van der Waals surface area contributed by atoms with Crippen LogP contribution in [0.4, 0.5) is 13.2 Å². The first-order valence-electron chi connectivity index (χ1n) is 12.5. The van der Waals surface area contributed by atoms with Crippen LogP contribution in [0.15, 0.2) is 52.5 Å². The first-order chi connectivity index (χ1) is 19.5. The summed E-state index contributed by atoms with van der Waals surface area (Å²) in [7, 11) is 1.27. The van der Waals surface area contributed by atoms with Crippen molar-refractivity contribution in [2.75, 3.05) is 26.7 Å². The number of aromatic amines is 1. The van der Waals surface area contributed by atoms with Gasteiger partial charge in [-0.15, -0.1) is 0 Å². The molecule has 0 aliphatic carbocycles. The largest absolute Gasteiger partial charge is 0.469 e. The molecule has 0 saturated carbocycles. The lowest BCUT2D eigenvalue weighted by Crippen LogP contribution is -2.55. The zero-order valence-corrected chi connectivity index (χ0v) is 23.1. The minimum absolute atomic E-state index is 0.0359. The molecule has 0 radical (unpaired) electrons. The maximum Gasteiger partial charge on any atom is 0.416 e. The number of carbonyl (C=O) groups excluding carboxylic acids is 3. The predicted molar refractivity (Wildman–Crippen MR) is 148 cm³/mol. The van der Waals surface area contributed by atoms with Gasteiger partial charge in [0.2, 0.25) is 5.91 Å². The topological polar surface area (TPSA) is 117 Å². The quantitative estimate of drug-likeness (QED) is 0.302. The number of rotatable bonds is 7. The van der Waals surface area contributed by atoms with Gasteiger partial charge in [0.1, 0.15) is 0 Å². The van der Waals surface area contributed by atoms with E-state index in [-0.39, 0.29) is 46.7 Å². The number of carbonyl (C=O) groups is 3. The number of esters is 1. The van der Waals surface area contributed by atoms with Gasteiger partial charge in [-0.1, -0.05) is 23.7 Å². The van der Waals surface area contributed by atoms with E-state index in [1.807, 2.05) is 0 Å². The molecule has 1 aromatic heterocycles. The van der Waals surface area contributed by atoms with Gasteiger partial charge in [-0.3, -0.25) is 19.5 Å². The number of likely N-dealkylation sites (tertiary alicyclic amines) is 1. The summed E-state index contributed by atoms with van der Waals surface area (Å²) in [6, 6.07) is 8.79. The molecule has 14 heteroatoms. The smallest absolute Gasteiger partial charge is 0.416 e. The lowest BCUT2D eigenvalue weighted by Gasteiger charge is -2.39. The number of thioether (sulfide) groups is 1. The first kappa shape index (κ1) is 28.7. The van der Waals surface area contributed by atoms with E-state index >= 15 is 0 Å². The monoisotopic (exact) mass is 605 g/mol. The molecule has 214 valence electrons. The second kappa shape index (κ2) is 11.6. The van der Waals surface area contributed by atoms with Crippen molar-refractivity contribution in [3.05, 3.63) is 69.2 Å². The number of methoxy groups -OCH3 is 1. The molecular formula is C27H23ClF3N5O4S. The lowest BCUT2D eigenvalue weighted by atomic mass is 9.93. The first-order valence-corrected chi connectivity index (χ1v) is 13.7. The summed E-state index contributed by atoms with van der Waals surface area (Å²) in [5, 5.41) is 10.6. The van der Waals surface area contributed by atoms with Crippen molar-refractivity contribution in [1.29, 1.82) is 0 Å². The summed E-state index contributed by atoms with van der Waals surface area (Å²) < 4.78 is 46.3. The van der Waals surface area contributed by atoms with E-state index in [4.69, 9.17) is 11.6 Å². The molecule has 1 saturated heterocycles. The van der Waals surface area contributed by atoms with Gasteiger partial charge in [0, 0.05) is 30.0 Å². The molecule has 2 aliphatic rings. The zero-order valence-electron chi connectivity index (χ0n) is 21.5. The number of aliphatic imine (C=N–C) groups is 1. The highest BCUT2D eigenvalue weighted by Crippen LogP contribution is 2.41.